The summed E-state index contributed by atoms with van der Waals surface area (Å²) in [5.74, 6) is 0.966. The predicted octanol–water partition coefficient (Wildman–Crippen LogP) is 2.31. The van der Waals surface area contributed by atoms with Crippen molar-refractivity contribution in [1.82, 2.24) is 5.32 Å². The van der Waals surface area contributed by atoms with Crippen molar-refractivity contribution >= 4 is 5.91 Å². The van der Waals surface area contributed by atoms with Gasteiger partial charge in [-0.25, -0.2) is 0 Å². The molecule has 1 aliphatic heterocycles. The molecule has 0 saturated carbocycles. The number of amides is 1. The molecule has 1 aliphatic rings. The van der Waals surface area contributed by atoms with Gasteiger partial charge in [-0.1, -0.05) is 12.1 Å². The monoisotopic (exact) mass is 277 g/mol. The molecule has 1 aromatic rings. The van der Waals surface area contributed by atoms with Crippen LogP contribution < -0.4 is 10.1 Å². The van der Waals surface area contributed by atoms with Crippen LogP contribution in [0.2, 0.25) is 0 Å². The zero-order valence-corrected chi connectivity index (χ0v) is 12.1. The number of aryl methyl sites for hydroxylation is 1. The van der Waals surface area contributed by atoms with Crippen LogP contribution >= 0.6 is 0 Å². The number of benzene rings is 1. The van der Waals surface area contributed by atoms with Crippen molar-refractivity contribution in [3.63, 3.8) is 0 Å². The summed E-state index contributed by atoms with van der Waals surface area (Å²) in [6.07, 6.45) is 3.64. The molecule has 0 bridgehead atoms. The Balaban J connectivity index is 1.66. The summed E-state index contributed by atoms with van der Waals surface area (Å²) in [5.41, 5.74) is 1.15. The zero-order chi connectivity index (χ0) is 14.2. The van der Waals surface area contributed by atoms with E-state index in [2.05, 4.69) is 5.32 Å². The summed E-state index contributed by atoms with van der Waals surface area (Å²) in [6.45, 7) is 4.10. The number of hydrogen-bond acceptors (Lipinski definition) is 3. The summed E-state index contributed by atoms with van der Waals surface area (Å²) in [4.78, 5) is 11.8. The molecular weight excluding hydrogens is 254 g/mol. The molecule has 1 aromatic carbocycles. The molecule has 110 valence electrons. The third-order valence-electron chi connectivity index (χ3n) is 3.43. The third kappa shape index (κ3) is 4.85. The maximum atomic E-state index is 11.8. The van der Waals surface area contributed by atoms with Crippen molar-refractivity contribution < 1.29 is 14.3 Å². The lowest BCUT2D eigenvalue weighted by Gasteiger charge is -2.10. The quantitative estimate of drug-likeness (QED) is 0.832. The Morgan fingerprint density at radius 3 is 2.85 bits per heavy atom. The Bertz CT molecular complexity index is 410. The number of ether oxygens (including phenoxy) is 2. The number of nitrogens with one attached hydrogen (secondary N) is 1. The van der Waals surface area contributed by atoms with E-state index in [0.29, 0.717) is 19.6 Å². The third-order valence-corrected chi connectivity index (χ3v) is 3.43. The van der Waals surface area contributed by atoms with Crippen LogP contribution in [0.15, 0.2) is 24.3 Å². The molecular formula is C16H23NO3. The first-order valence-electron chi connectivity index (χ1n) is 7.38. The van der Waals surface area contributed by atoms with E-state index < -0.39 is 0 Å². The first-order chi connectivity index (χ1) is 9.78. The fourth-order valence-corrected chi connectivity index (χ4v) is 2.30. The second-order valence-corrected chi connectivity index (χ2v) is 5.02. The van der Waals surface area contributed by atoms with Crippen molar-refractivity contribution in [2.24, 2.45) is 0 Å². The van der Waals surface area contributed by atoms with Crippen molar-refractivity contribution in [3.8, 4) is 5.75 Å². The molecule has 2 rings (SSSR count). The van der Waals surface area contributed by atoms with Crippen molar-refractivity contribution in [3.05, 3.63) is 29.8 Å². The maximum absolute atomic E-state index is 11.8. The van der Waals surface area contributed by atoms with E-state index in [1.807, 2.05) is 31.2 Å². The SMILES string of the molecule is CCOc1ccc(CCC(=O)NCC2CCCO2)cc1. The molecule has 0 radical (unpaired) electrons. The van der Waals surface area contributed by atoms with Crippen LogP contribution in [0.4, 0.5) is 0 Å². The van der Waals surface area contributed by atoms with Crippen LogP contribution in [0.5, 0.6) is 5.75 Å². The smallest absolute Gasteiger partial charge is 0.220 e. The maximum Gasteiger partial charge on any atom is 0.220 e. The molecule has 20 heavy (non-hydrogen) atoms. The van der Waals surface area contributed by atoms with Crippen LogP contribution in [-0.4, -0.2) is 31.8 Å². The van der Waals surface area contributed by atoms with Gasteiger partial charge in [-0.2, -0.15) is 0 Å². The van der Waals surface area contributed by atoms with E-state index >= 15 is 0 Å². The van der Waals surface area contributed by atoms with E-state index in [4.69, 9.17) is 9.47 Å². The van der Waals surface area contributed by atoms with Gasteiger partial charge < -0.3 is 14.8 Å². The van der Waals surface area contributed by atoms with Gasteiger partial charge in [-0.15, -0.1) is 0 Å². The number of hydrogen-bond donors (Lipinski definition) is 1. The van der Waals surface area contributed by atoms with Gasteiger partial charge in [0.2, 0.25) is 5.91 Å². The number of rotatable bonds is 7. The molecule has 1 N–H and O–H groups in total. The average Bonchev–Trinajstić information content (AvgIpc) is 2.98. The fourth-order valence-electron chi connectivity index (χ4n) is 2.30. The normalized spacial score (nSPS) is 17.9. The van der Waals surface area contributed by atoms with E-state index in [9.17, 15) is 4.79 Å². The molecule has 0 aliphatic carbocycles. The van der Waals surface area contributed by atoms with Gasteiger partial charge in [0.1, 0.15) is 5.75 Å². The minimum absolute atomic E-state index is 0.0920. The van der Waals surface area contributed by atoms with Gasteiger partial charge in [-0.3, -0.25) is 4.79 Å². The van der Waals surface area contributed by atoms with Crippen LogP contribution in [0.3, 0.4) is 0 Å². The largest absolute Gasteiger partial charge is 0.494 e. The van der Waals surface area contributed by atoms with Crippen molar-refractivity contribution in [2.75, 3.05) is 19.8 Å². The molecule has 1 unspecified atom stereocenters. The lowest BCUT2D eigenvalue weighted by Crippen LogP contribution is -2.31. The number of carbonyl (C=O) groups is 1. The molecule has 0 spiro atoms. The van der Waals surface area contributed by atoms with Crippen molar-refractivity contribution in [1.29, 1.82) is 0 Å². The molecule has 1 atom stereocenters. The molecule has 0 aromatic heterocycles. The highest BCUT2D eigenvalue weighted by Gasteiger charge is 2.15. The van der Waals surface area contributed by atoms with Gasteiger partial charge in [0, 0.05) is 19.6 Å². The second-order valence-electron chi connectivity index (χ2n) is 5.02. The summed E-state index contributed by atoms with van der Waals surface area (Å²) in [7, 11) is 0. The molecule has 4 nitrogen and oxygen atoms in total. The lowest BCUT2D eigenvalue weighted by molar-refractivity contribution is -0.121. The van der Waals surface area contributed by atoms with Crippen LogP contribution in [-0.2, 0) is 16.0 Å². The first kappa shape index (κ1) is 14.9. The van der Waals surface area contributed by atoms with E-state index in [1.54, 1.807) is 0 Å². The average molecular weight is 277 g/mol. The van der Waals surface area contributed by atoms with Crippen LogP contribution in [0, 0.1) is 0 Å². The summed E-state index contributed by atoms with van der Waals surface area (Å²) < 4.78 is 10.9. The summed E-state index contributed by atoms with van der Waals surface area (Å²) in [6, 6.07) is 7.92. The van der Waals surface area contributed by atoms with Gasteiger partial charge in [0.15, 0.2) is 0 Å². The highest BCUT2D eigenvalue weighted by atomic mass is 16.5. The molecule has 1 amide bonds. The molecule has 1 heterocycles. The van der Waals surface area contributed by atoms with E-state index in [0.717, 1.165) is 37.2 Å². The van der Waals surface area contributed by atoms with Crippen LogP contribution in [0.1, 0.15) is 31.7 Å². The standard InChI is InChI=1S/C16H23NO3/c1-2-19-14-8-5-13(6-9-14)7-10-16(18)17-12-15-4-3-11-20-15/h5-6,8-9,15H,2-4,7,10-12H2,1H3,(H,17,18). The molecule has 4 heteroatoms. The van der Waals surface area contributed by atoms with E-state index in [1.165, 1.54) is 0 Å². The second kappa shape index (κ2) is 7.90. The lowest BCUT2D eigenvalue weighted by atomic mass is 10.1. The summed E-state index contributed by atoms with van der Waals surface area (Å²) >= 11 is 0. The Hall–Kier alpha value is -1.55. The van der Waals surface area contributed by atoms with E-state index in [-0.39, 0.29) is 12.0 Å². The molecule has 1 fully saturated rings. The van der Waals surface area contributed by atoms with Gasteiger partial charge >= 0.3 is 0 Å². The van der Waals surface area contributed by atoms with Gasteiger partial charge in [0.05, 0.1) is 12.7 Å². The Labute approximate surface area is 120 Å². The predicted molar refractivity (Wildman–Crippen MR) is 77.9 cm³/mol. The fraction of sp³-hybridized carbons (Fsp3) is 0.562. The topological polar surface area (TPSA) is 47.6 Å². The first-order valence-corrected chi connectivity index (χ1v) is 7.38. The highest BCUT2D eigenvalue weighted by molar-refractivity contribution is 5.76. The highest BCUT2D eigenvalue weighted by Crippen LogP contribution is 2.13. The minimum atomic E-state index is 0.0920. The summed E-state index contributed by atoms with van der Waals surface area (Å²) in [5, 5.41) is 2.94. The van der Waals surface area contributed by atoms with Crippen LogP contribution in [0.25, 0.3) is 0 Å². The Morgan fingerprint density at radius 1 is 1.40 bits per heavy atom. The zero-order valence-electron chi connectivity index (χ0n) is 12.1. The van der Waals surface area contributed by atoms with Crippen molar-refractivity contribution in [2.45, 2.75) is 38.7 Å². The number of carbonyl (C=O) groups excluding carboxylic acids is 1. The molecule has 1 saturated heterocycles. The Kier molecular flexibility index (Phi) is 5.87. The minimum Gasteiger partial charge on any atom is -0.494 e. The van der Waals surface area contributed by atoms with Gasteiger partial charge in [-0.05, 0) is 43.9 Å². The Morgan fingerprint density at radius 2 is 2.20 bits per heavy atom. The van der Waals surface area contributed by atoms with Gasteiger partial charge in [0.25, 0.3) is 0 Å².